The molecule has 0 saturated heterocycles. The third kappa shape index (κ3) is 63.5. The van der Waals surface area contributed by atoms with Crippen LogP contribution in [-0.2, 0) is 65.4 Å². The van der Waals surface area contributed by atoms with E-state index >= 15 is 0 Å². The van der Waals surface area contributed by atoms with E-state index in [1.807, 2.05) is 0 Å². The van der Waals surface area contributed by atoms with Crippen molar-refractivity contribution in [1.82, 2.24) is 0 Å². The highest BCUT2D eigenvalue weighted by Gasteiger charge is 2.30. The molecular formula is C71H138O17P2. The zero-order valence-electron chi connectivity index (χ0n) is 58.8. The number of carbonyl (C=O) groups is 4. The van der Waals surface area contributed by atoms with Gasteiger partial charge in [0.05, 0.1) is 26.4 Å². The molecule has 0 spiro atoms. The number of aliphatic hydroxyl groups is 1. The number of hydrogen-bond acceptors (Lipinski definition) is 15. The predicted molar refractivity (Wildman–Crippen MR) is 363 cm³/mol. The molecule has 0 bridgehead atoms. The summed E-state index contributed by atoms with van der Waals surface area (Å²) < 4.78 is 68.3. The maximum atomic E-state index is 13.0. The van der Waals surface area contributed by atoms with Crippen LogP contribution in [-0.4, -0.2) is 96.7 Å². The summed E-state index contributed by atoms with van der Waals surface area (Å²) in [6, 6.07) is 0. The number of phosphoric ester groups is 2. The van der Waals surface area contributed by atoms with E-state index in [4.69, 9.17) is 37.0 Å². The maximum Gasteiger partial charge on any atom is 0.472 e. The first-order valence-corrected chi connectivity index (χ1v) is 39.7. The maximum absolute atomic E-state index is 13.0. The Hall–Kier alpha value is -1.94. The van der Waals surface area contributed by atoms with E-state index in [2.05, 4.69) is 55.4 Å². The minimum atomic E-state index is -4.95. The summed E-state index contributed by atoms with van der Waals surface area (Å²) in [5, 5.41) is 10.6. The Labute approximate surface area is 549 Å². The molecular weight excluding hydrogens is 1190 g/mol. The van der Waals surface area contributed by atoms with Gasteiger partial charge in [0.15, 0.2) is 12.2 Å². The lowest BCUT2D eigenvalue weighted by molar-refractivity contribution is -0.161. The first-order valence-electron chi connectivity index (χ1n) is 36.7. The van der Waals surface area contributed by atoms with Crippen LogP contribution in [0.15, 0.2) is 0 Å². The molecule has 0 rings (SSSR count). The molecule has 0 heterocycles. The van der Waals surface area contributed by atoms with Crippen LogP contribution in [0.25, 0.3) is 0 Å². The first-order chi connectivity index (χ1) is 43.1. The molecule has 0 fully saturated rings. The molecule has 0 aromatic carbocycles. The predicted octanol–water partition coefficient (Wildman–Crippen LogP) is 20.1. The van der Waals surface area contributed by atoms with Gasteiger partial charge in [-0.05, 0) is 49.4 Å². The second kappa shape index (κ2) is 60.7. The molecule has 0 amide bonds. The van der Waals surface area contributed by atoms with Crippen molar-refractivity contribution in [1.29, 1.82) is 0 Å². The molecule has 0 aliphatic rings. The van der Waals surface area contributed by atoms with Crippen LogP contribution in [0.2, 0.25) is 0 Å². The summed E-state index contributed by atoms with van der Waals surface area (Å²) in [4.78, 5) is 72.6. The molecule has 3 N–H and O–H groups in total. The van der Waals surface area contributed by atoms with Crippen LogP contribution in [0.4, 0.5) is 0 Å². The Morgan fingerprint density at radius 3 is 0.789 bits per heavy atom. The summed E-state index contributed by atoms with van der Waals surface area (Å²) in [6.07, 6.45) is 43.1. The fourth-order valence-corrected chi connectivity index (χ4v) is 12.2. The van der Waals surface area contributed by atoms with Crippen molar-refractivity contribution in [3.05, 3.63) is 0 Å². The highest BCUT2D eigenvalue weighted by Crippen LogP contribution is 2.45. The van der Waals surface area contributed by atoms with Gasteiger partial charge in [-0.15, -0.1) is 0 Å². The van der Waals surface area contributed by atoms with Gasteiger partial charge < -0.3 is 33.8 Å². The Balaban J connectivity index is 5.24. The zero-order valence-corrected chi connectivity index (χ0v) is 60.6. The largest absolute Gasteiger partial charge is 0.472 e. The van der Waals surface area contributed by atoms with Crippen molar-refractivity contribution in [3.63, 3.8) is 0 Å². The van der Waals surface area contributed by atoms with Crippen molar-refractivity contribution < 1.29 is 80.2 Å². The molecule has 6 atom stereocenters. The summed E-state index contributed by atoms with van der Waals surface area (Å²) in [7, 11) is -9.90. The monoisotopic (exact) mass is 1320 g/mol. The van der Waals surface area contributed by atoms with Gasteiger partial charge in [0.1, 0.15) is 19.3 Å². The van der Waals surface area contributed by atoms with Crippen molar-refractivity contribution >= 4 is 39.5 Å². The zero-order chi connectivity index (χ0) is 66.8. The second-order valence-corrected chi connectivity index (χ2v) is 30.2. The quantitative estimate of drug-likeness (QED) is 0.0222. The van der Waals surface area contributed by atoms with Crippen molar-refractivity contribution in [2.24, 2.45) is 23.7 Å². The fraction of sp³-hybridized carbons (Fsp3) is 0.944. The van der Waals surface area contributed by atoms with Crippen LogP contribution >= 0.6 is 15.6 Å². The number of rotatable bonds is 68. The summed E-state index contributed by atoms with van der Waals surface area (Å²) in [5.74, 6) is 0.864. The summed E-state index contributed by atoms with van der Waals surface area (Å²) in [6.45, 7) is 14.1. The minimum absolute atomic E-state index is 0.104. The highest BCUT2D eigenvalue weighted by molar-refractivity contribution is 7.47. The average Bonchev–Trinajstić information content (AvgIpc) is 3.08. The first kappa shape index (κ1) is 88.1. The molecule has 19 heteroatoms. The van der Waals surface area contributed by atoms with Crippen LogP contribution in [0, 0.1) is 23.7 Å². The molecule has 534 valence electrons. The number of phosphoric acid groups is 2. The van der Waals surface area contributed by atoms with Gasteiger partial charge in [-0.25, -0.2) is 9.13 Å². The lowest BCUT2D eigenvalue weighted by atomic mass is 9.99. The second-order valence-electron chi connectivity index (χ2n) is 27.3. The highest BCUT2D eigenvalue weighted by atomic mass is 31.2. The SMILES string of the molecule is CCC(C)CCCCCCCCCCC(=O)O[C@H](COC(=O)CCCCCCCCCCCCC(C)C)COP(=O)(O)OC[C@@H](O)COP(=O)(O)OC[C@@H](COC(=O)CCCCCCCCC(C)C)OC(=O)CCCCCCCCCCCCCCCC(C)C. The van der Waals surface area contributed by atoms with Gasteiger partial charge in [-0.1, -0.05) is 299 Å². The van der Waals surface area contributed by atoms with Gasteiger partial charge in [0.2, 0.25) is 0 Å². The van der Waals surface area contributed by atoms with E-state index in [0.29, 0.717) is 31.6 Å². The lowest BCUT2D eigenvalue weighted by Crippen LogP contribution is -2.30. The van der Waals surface area contributed by atoms with E-state index in [0.717, 1.165) is 114 Å². The number of carbonyl (C=O) groups excluding carboxylic acids is 4. The van der Waals surface area contributed by atoms with Gasteiger partial charge in [0, 0.05) is 25.7 Å². The molecule has 0 radical (unpaired) electrons. The van der Waals surface area contributed by atoms with E-state index in [1.54, 1.807) is 0 Å². The summed E-state index contributed by atoms with van der Waals surface area (Å²) >= 11 is 0. The van der Waals surface area contributed by atoms with E-state index in [-0.39, 0.29) is 25.7 Å². The number of unbranched alkanes of at least 4 members (excludes halogenated alkanes) is 33. The van der Waals surface area contributed by atoms with Gasteiger partial charge in [0.25, 0.3) is 0 Å². The normalized spacial score (nSPS) is 14.6. The molecule has 0 aliphatic carbocycles. The number of esters is 4. The molecule has 0 aromatic rings. The Morgan fingerprint density at radius 2 is 0.533 bits per heavy atom. The van der Waals surface area contributed by atoms with Crippen LogP contribution in [0.3, 0.4) is 0 Å². The molecule has 0 aromatic heterocycles. The smallest absolute Gasteiger partial charge is 0.462 e. The van der Waals surface area contributed by atoms with Crippen molar-refractivity contribution in [2.45, 2.75) is 369 Å². The number of ether oxygens (including phenoxy) is 4. The third-order valence-corrected chi connectivity index (χ3v) is 18.6. The molecule has 17 nitrogen and oxygen atoms in total. The number of aliphatic hydroxyl groups excluding tert-OH is 1. The topological polar surface area (TPSA) is 237 Å². The van der Waals surface area contributed by atoms with Gasteiger partial charge in [-0.3, -0.25) is 37.3 Å². The van der Waals surface area contributed by atoms with Crippen LogP contribution in [0.5, 0.6) is 0 Å². The number of hydrogen-bond donors (Lipinski definition) is 3. The van der Waals surface area contributed by atoms with Gasteiger partial charge >= 0.3 is 39.5 Å². The summed E-state index contributed by atoms with van der Waals surface area (Å²) in [5.41, 5.74) is 0. The lowest BCUT2D eigenvalue weighted by Gasteiger charge is -2.21. The van der Waals surface area contributed by atoms with Crippen molar-refractivity contribution in [3.8, 4) is 0 Å². The Bertz CT molecular complexity index is 1780. The Morgan fingerprint density at radius 1 is 0.311 bits per heavy atom. The molecule has 0 aliphatic heterocycles. The fourth-order valence-electron chi connectivity index (χ4n) is 10.6. The van der Waals surface area contributed by atoms with E-state index < -0.39 is 97.5 Å². The van der Waals surface area contributed by atoms with Gasteiger partial charge in [-0.2, -0.15) is 0 Å². The molecule has 3 unspecified atom stereocenters. The van der Waals surface area contributed by atoms with Crippen LogP contribution in [0.1, 0.15) is 351 Å². The average molecular weight is 1330 g/mol. The molecule has 0 saturated carbocycles. The minimum Gasteiger partial charge on any atom is -0.462 e. The van der Waals surface area contributed by atoms with Crippen molar-refractivity contribution in [2.75, 3.05) is 39.6 Å². The third-order valence-electron chi connectivity index (χ3n) is 16.7. The standard InChI is InChI=1S/C71H138O17P2/c1-9-64(8)50-42-34-25-21-22-28-38-46-54-71(76)88-66(57-81-68(73)51-43-35-26-19-16-15-18-24-32-40-48-62(4)5)59-85-89(77,78)83-55-65(72)56-84-90(79,80)86-60-67(58-82-69(74)52-44-36-30-29-33-41-49-63(6)7)87-70(75)53-45-37-27-20-14-12-10-11-13-17-23-31-39-47-61(2)3/h61-67,72H,9-60H2,1-8H3,(H,77,78)(H,79,80)/t64?,65-,66-,67-/m1/s1. The van der Waals surface area contributed by atoms with E-state index in [9.17, 15) is 43.2 Å². The Kier molecular flexibility index (Phi) is 59.4. The van der Waals surface area contributed by atoms with E-state index in [1.165, 1.54) is 148 Å². The molecule has 90 heavy (non-hydrogen) atoms. The van der Waals surface area contributed by atoms with Crippen LogP contribution < -0.4 is 0 Å².